The van der Waals surface area contributed by atoms with Crippen LogP contribution in [0.15, 0.2) is 22.7 Å². The van der Waals surface area contributed by atoms with Crippen LogP contribution in [0.2, 0.25) is 0 Å². The van der Waals surface area contributed by atoms with Crippen LogP contribution in [0.5, 0.6) is 0 Å². The van der Waals surface area contributed by atoms with E-state index in [1.165, 1.54) is 28.4 Å². The third-order valence-electron chi connectivity index (χ3n) is 3.17. The molecule has 2 heteroatoms. The highest BCUT2D eigenvalue weighted by molar-refractivity contribution is 9.10. The van der Waals surface area contributed by atoms with E-state index < -0.39 is 0 Å². The summed E-state index contributed by atoms with van der Waals surface area (Å²) in [5, 5.41) is 0. The predicted molar refractivity (Wildman–Crippen MR) is 74.7 cm³/mol. The van der Waals surface area contributed by atoms with Gasteiger partial charge in [0, 0.05) is 10.0 Å². The summed E-state index contributed by atoms with van der Waals surface area (Å²) in [6, 6.07) is 6.53. The van der Waals surface area contributed by atoms with Gasteiger partial charge in [-0.05, 0) is 49.8 Å². The van der Waals surface area contributed by atoms with Crippen LogP contribution in [0.25, 0.3) is 0 Å². The van der Waals surface area contributed by atoms with Gasteiger partial charge in [0.15, 0.2) is 0 Å². The summed E-state index contributed by atoms with van der Waals surface area (Å²) < 4.78 is 1.19. The second-order valence-electron chi connectivity index (χ2n) is 4.97. The maximum absolute atomic E-state index is 6.10. The van der Waals surface area contributed by atoms with Crippen molar-refractivity contribution in [2.45, 2.75) is 52.0 Å². The van der Waals surface area contributed by atoms with E-state index in [0.29, 0.717) is 5.92 Å². The van der Waals surface area contributed by atoms with E-state index in [9.17, 15) is 0 Å². The smallest absolute Gasteiger partial charge is 0.0352 e. The fourth-order valence-corrected chi connectivity index (χ4v) is 2.69. The van der Waals surface area contributed by atoms with Crippen LogP contribution in [-0.4, -0.2) is 0 Å². The minimum absolute atomic E-state index is 0.269. The maximum Gasteiger partial charge on any atom is 0.0352 e. The zero-order valence-electron chi connectivity index (χ0n) is 10.7. The fraction of sp³-hybridized carbons (Fsp3) is 0.571. The topological polar surface area (TPSA) is 26.0 Å². The summed E-state index contributed by atoms with van der Waals surface area (Å²) in [6.45, 7) is 8.54. The van der Waals surface area contributed by atoms with Crippen molar-refractivity contribution in [2.24, 2.45) is 5.73 Å². The van der Waals surface area contributed by atoms with E-state index >= 15 is 0 Å². The molecule has 0 radical (unpaired) electrons. The zero-order valence-corrected chi connectivity index (χ0v) is 12.3. The molecule has 1 aromatic carbocycles. The van der Waals surface area contributed by atoms with E-state index in [4.69, 9.17) is 5.73 Å². The average Bonchev–Trinajstić information content (AvgIpc) is 2.20. The molecule has 0 saturated carbocycles. The van der Waals surface area contributed by atoms with Crippen molar-refractivity contribution in [3.8, 4) is 0 Å². The Morgan fingerprint density at radius 2 is 1.81 bits per heavy atom. The molecule has 1 nitrogen and oxygen atoms in total. The Morgan fingerprint density at radius 1 is 1.25 bits per heavy atom. The normalized spacial score (nSPS) is 12.2. The number of nitrogens with two attached hydrogens (primary N) is 1. The van der Waals surface area contributed by atoms with Crippen molar-refractivity contribution < 1.29 is 0 Å². The molecule has 2 N–H and O–H groups in total. The zero-order chi connectivity index (χ0) is 12.3. The monoisotopic (exact) mass is 283 g/mol. The lowest BCUT2D eigenvalue weighted by atomic mass is 9.89. The number of benzene rings is 1. The number of rotatable bonds is 4. The summed E-state index contributed by atoms with van der Waals surface area (Å²) in [5.41, 5.74) is 8.40. The van der Waals surface area contributed by atoms with Gasteiger partial charge in [0.2, 0.25) is 0 Å². The van der Waals surface area contributed by atoms with Crippen LogP contribution in [0.3, 0.4) is 0 Å². The van der Waals surface area contributed by atoms with Crippen molar-refractivity contribution >= 4 is 15.9 Å². The molecule has 0 saturated heterocycles. The molecule has 0 aliphatic heterocycles. The molecule has 0 aliphatic carbocycles. The third kappa shape index (κ3) is 3.08. The lowest BCUT2D eigenvalue weighted by Crippen LogP contribution is -2.28. The lowest BCUT2D eigenvalue weighted by molar-refractivity contribution is 0.552. The molecule has 16 heavy (non-hydrogen) atoms. The van der Waals surface area contributed by atoms with E-state index in [0.717, 1.165) is 0 Å². The molecule has 1 aromatic rings. The predicted octanol–water partition coefficient (Wildman–Crippen LogP) is 4.55. The van der Waals surface area contributed by atoms with Gasteiger partial charge < -0.3 is 5.73 Å². The van der Waals surface area contributed by atoms with Gasteiger partial charge in [0.1, 0.15) is 0 Å². The Balaban J connectivity index is 3.09. The van der Waals surface area contributed by atoms with Gasteiger partial charge in [-0.1, -0.05) is 41.9 Å². The molecule has 0 heterocycles. The molecule has 0 amide bonds. The number of hydrogen-bond donors (Lipinski definition) is 1. The summed E-state index contributed by atoms with van der Waals surface area (Å²) in [6.07, 6.45) is 2.36. The average molecular weight is 284 g/mol. The van der Waals surface area contributed by atoms with Gasteiger partial charge in [-0.3, -0.25) is 0 Å². The first-order valence-corrected chi connectivity index (χ1v) is 6.78. The first-order valence-electron chi connectivity index (χ1n) is 5.99. The Morgan fingerprint density at radius 3 is 2.19 bits per heavy atom. The molecule has 0 spiro atoms. The summed E-state index contributed by atoms with van der Waals surface area (Å²) in [5.74, 6) is 0.643. The van der Waals surface area contributed by atoms with E-state index in [2.05, 4.69) is 48.0 Å². The summed E-state index contributed by atoms with van der Waals surface area (Å²) in [7, 11) is 0. The lowest BCUT2D eigenvalue weighted by Gasteiger charge is -2.22. The Kier molecular flexibility index (Phi) is 4.57. The number of halogens is 1. The minimum Gasteiger partial charge on any atom is -0.322 e. The van der Waals surface area contributed by atoms with Crippen molar-refractivity contribution in [2.75, 3.05) is 0 Å². The Bertz CT molecular complexity index is 348. The van der Waals surface area contributed by atoms with Gasteiger partial charge in [0.05, 0.1) is 0 Å². The van der Waals surface area contributed by atoms with E-state index in [-0.39, 0.29) is 5.54 Å². The second kappa shape index (κ2) is 5.33. The van der Waals surface area contributed by atoms with Gasteiger partial charge in [-0.25, -0.2) is 0 Å². The number of hydrogen-bond acceptors (Lipinski definition) is 1. The van der Waals surface area contributed by atoms with Crippen molar-refractivity contribution in [1.29, 1.82) is 0 Å². The first-order chi connectivity index (χ1) is 7.40. The van der Waals surface area contributed by atoms with Crippen LogP contribution < -0.4 is 5.73 Å². The van der Waals surface area contributed by atoms with Crippen molar-refractivity contribution in [3.63, 3.8) is 0 Å². The molecule has 1 rings (SSSR count). The highest BCUT2D eigenvalue weighted by atomic mass is 79.9. The quantitative estimate of drug-likeness (QED) is 0.862. The third-order valence-corrected chi connectivity index (χ3v) is 3.86. The van der Waals surface area contributed by atoms with Crippen molar-refractivity contribution in [3.05, 3.63) is 33.8 Å². The van der Waals surface area contributed by atoms with Crippen LogP contribution >= 0.6 is 15.9 Å². The first kappa shape index (κ1) is 13.7. The Hall–Kier alpha value is -0.340. The molecule has 0 aromatic heterocycles. The maximum atomic E-state index is 6.10. The molecular weight excluding hydrogens is 262 g/mol. The minimum atomic E-state index is -0.269. The van der Waals surface area contributed by atoms with Gasteiger partial charge in [0.25, 0.3) is 0 Å². The van der Waals surface area contributed by atoms with Crippen LogP contribution in [0.1, 0.15) is 57.6 Å². The van der Waals surface area contributed by atoms with Gasteiger partial charge in [-0.15, -0.1) is 0 Å². The molecule has 90 valence electrons. The van der Waals surface area contributed by atoms with E-state index in [1.807, 2.05) is 13.8 Å². The fourth-order valence-electron chi connectivity index (χ4n) is 1.99. The van der Waals surface area contributed by atoms with Crippen LogP contribution in [0, 0.1) is 0 Å². The van der Waals surface area contributed by atoms with Crippen molar-refractivity contribution in [1.82, 2.24) is 0 Å². The summed E-state index contributed by atoms with van der Waals surface area (Å²) >= 11 is 3.67. The largest absolute Gasteiger partial charge is 0.322 e. The van der Waals surface area contributed by atoms with Crippen LogP contribution in [0.4, 0.5) is 0 Å². The highest BCUT2D eigenvalue weighted by Crippen LogP contribution is 2.32. The second-order valence-corrected chi connectivity index (χ2v) is 5.83. The highest BCUT2D eigenvalue weighted by Gasteiger charge is 2.17. The molecule has 0 fully saturated rings. The SMILES string of the molecule is CCC(CC)c1ccc(C(C)(C)N)cc1Br. The molecular formula is C14H22BrN. The molecule has 0 unspecified atom stereocenters. The van der Waals surface area contributed by atoms with Gasteiger partial charge >= 0.3 is 0 Å². The van der Waals surface area contributed by atoms with Crippen LogP contribution in [-0.2, 0) is 5.54 Å². The molecule has 0 bridgehead atoms. The van der Waals surface area contributed by atoms with Gasteiger partial charge in [-0.2, -0.15) is 0 Å². The Labute approximate surface area is 108 Å². The standard InChI is InChI=1S/C14H22BrN/c1-5-10(6-2)12-8-7-11(9-13(12)15)14(3,4)16/h7-10H,5-6,16H2,1-4H3. The summed E-state index contributed by atoms with van der Waals surface area (Å²) in [4.78, 5) is 0. The molecule has 0 atom stereocenters. The van der Waals surface area contributed by atoms with E-state index in [1.54, 1.807) is 0 Å². The molecule has 0 aliphatic rings.